The molecule has 1 N–H and O–H groups in total. The summed E-state index contributed by atoms with van der Waals surface area (Å²) >= 11 is 0. The molecule has 148 valence electrons. The van der Waals surface area contributed by atoms with E-state index in [2.05, 4.69) is 20.1 Å². The number of hydrogen-bond acceptors (Lipinski definition) is 6. The van der Waals surface area contributed by atoms with Crippen LogP contribution in [0.3, 0.4) is 0 Å². The van der Waals surface area contributed by atoms with Crippen LogP contribution in [0.1, 0.15) is 30.4 Å². The van der Waals surface area contributed by atoms with E-state index in [0.717, 1.165) is 44.1 Å². The first kappa shape index (κ1) is 19.8. The number of rotatable bonds is 7. The molecule has 0 bridgehead atoms. The Morgan fingerprint density at radius 3 is 2.67 bits per heavy atom. The molecule has 1 aromatic heterocycles. The average molecular weight is 394 g/mol. The average Bonchev–Trinajstić information content (AvgIpc) is 3.09. The van der Waals surface area contributed by atoms with Crippen molar-refractivity contribution in [2.45, 2.75) is 30.6 Å². The van der Waals surface area contributed by atoms with Gasteiger partial charge in [-0.2, -0.15) is 5.10 Å². The molecule has 1 aliphatic heterocycles. The first-order valence-electron chi connectivity index (χ1n) is 9.13. The van der Waals surface area contributed by atoms with E-state index < -0.39 is 10.0 Å². The van der Waals surface area contributed by atoms with Crippen LogP contribution in [0.25, 0.3) is 0 Å². The molecule has 0 radical (unpaired) electrons. The van der Waals surface area contributed by atoms with E-state index in [-0.39, 0.29) is 4.90 Å². The van der Waals surface area contributed by atoms with Gasteiger partial charge in [-0.05, 0) is 50.6 Å². The Bertz CT molecular complexity index is 848. The third-order valence-electron chi connectivity index (χ3n) is 4.76. The maximum Gasteiger partial charge on any atom is 0.242 e. The lowest BCUT2D eigenvalue weighted by atomic mass is 9.97. The van der Waals surface area contributed by atoms with Gasteiger partial charge in [0.25, 0.3) is 0 Å². The van der Waals surface area contributed by atoms with E-state index in [1.54, 1.807) is 24.3 Å². The summed E-state index contributed by atoms with van der Waals surface area (Å²) in [5, 5.41) is 7.21. The van der Waals surface area contributed by atoms with E-state index >= 15 is 0 Å². The Balaban J connectivity index is 1.49. The number of aromatic amines is 1. The van der Waals surface area contributed by atoms with Crippen molar-refractivity contribution in [3.63, 3.8) is 0 Å². The summed E-state index contributed by atoms with van der Waals surface area (Å²) in [6.07, 6.45) is 2.23. The molecule has 9 heteroatoms. The van der Waals surface area contributed by atoms with E-state index in [0.29, 0.717) is 18.3 Å². The van der Waals surface area contributed by atoms with E-state index in [1.807, 2.05) is 6.92 Å². The smallest absolute Gasteiger partial charge is 0.242 e. The molecule has 0 aliphatic carbocycles. The topological polar surface area (TPSA) is 91.4 Å². The first-order valence-corrected chi connectivity index (χ1v) is 10.6. The molecule has 1 fully saturated rings. The highest BCUT2D eigenvalue weighted by molar-refractivity contribution is 7.89. The molecular formula is C18H27N5O3S. The van der Waals surface area contributed by atoms with Crippen LogP contribution in [0.4, 0.5) is 0 Å². The van der Waals surface area contributed by atoms with Gasteiger partial charge in [0.05, 0.1) is 4.90 Å². The Kier molecular flexibility index (Phi) is 6.13. The van der Waals surface area contributed by atoms with Crippen molar-refractivity contribution in [1.82, 2.24) is 24.4 Å². The molecule has 27 heavy (non-hydrogen) atoms. The predicted octanol–water partition coefficient (Wildman–Crippen LogP) is 1.62. The van der Waals surface area contributed by atoms with Crippen molar-refractivity contribution in [2.75, 3.05) is 40.3 Å². The zero-order valence-corrected chi connectivity index (χ0v) is 16.9. The number of benzene rings is 1. The summed E-state index contributed by atoms with van der Waals surface area (Å²) in [6, 6.07) is 6.55. The van der Waals surface area contributed by atoms with Gasteiger partial charge < -0.3 is 4.74 Å². The molecule has 1 aromatic carbocycles. The van der Waals surface area contributed by atoms with Crippen LogP contribution in [0.15, 0.2) is 29.2 Å². The molecule has 1 atom stereocenters. The maximum atomic E-state index is 12.1. The number of aryl methyl sites for hydroxylation is 1. The van der Waals surface area contributed by atoms with Gasteiger partial charge in [-0.15, -0.1) is 0 Å². The van der Waals surface area contributed by atoms with Gasteiger partial charge in [0, 0.05) is 33.1 Å². The van der Waals surface area contributed by atoms with Crippen LogP contribution < -0.4 is 4.74 Å². The molecule has 2 aromatic rings. The Hall–Kier alpha value is -1.97. The fourth-order valence-electron chi connectivity index (χ4n) is 3.22. The Morgan fingerprint density at radius 2 is 2.04 bits per heavy atom. The van der Waals surface area contributed by atoms with Gasteiger partial charge in [-0.3, -0.25) is 10.00 Å². The third kappa shape index (κ3) is 4.85. The summed E-state index contributed by atoms with van der Waals surface area (Å²) in [6.45, 7) is 5.26. The number of piperidine rings is 1. The van der Waals surface area contributed by atoms with Crippen LogP contribution >= 0.6 is 0 Å². The van der Waals surface area contributed by atoms with Gasteiger partial charge in [-0.1, -0.05) is 0 Å². The van der Waals surface area contributed by atoms with Gasteiger partial charge in [0.1, 0.15) is 18.2 Å². The molecule has 0 spiro atoms. The minimum absolute atomic E-state index is 0.264. The summed E-state index contributed by atoms with van der Waals surface area (Å²) in [5.74, 6) is 2.78. The molecule has 8 nitrogen and oxygen atoms in total. The molecule has 2 heterocycles. The number of H-pyrrole nitrogens is 1. The standard InChI is InChI=1S/C18H27N5O3S/c1-14-19-18(21-20-14)15-5-4-10-23(13-15)11-12-26-16-6-8-17(9-7-16)27(24,25)22(2)3/h6-9,15H,4-5,10-13H2,1-3H3,(H,19,20,21). The van der Waals surface area contributed by atoms with Crippen LogP contribution in [0.2, 0.25) is 0 Å². The van der Waals surface area contributed by atoms with Crippen molar-refractivity contribution >= 4 is 10.0 Å². The van der Waals surface area contributed by atoms with Gasteiger partial charge in [0.2, 0.25) is 10.0 Å². The fourth-order valence-corrected chi connectivity index (χ4v) is 4.12. The highest BCUT2D eigenvalue weighted by Crippen LogP contribution is 2.24. The van der Waals surface area contributed by atoms with Crippen molar-refractivity contribution in [2.24, 2.45) is 0 Å². The zero-order chi connectivity index (χ0) is 19.4. The van der Waals surface area contributed by atoms with E-state index in [4.69, 9.17) is 4.74 Å². The quantitative estimate of drug-likeness (QED) is 0.769. The van der Waals surface area contributed by atoms with Crippen LogP contribution in [-0.2, 0) is 10.0 Å². The van der Waals surface area contributed by atoms with E-state index in [1.165, 1.54) is 18.4 Å². The molecule has 1 unspecified atom stereocenters. The zero-order valence-electron chi connectivity index (χ0n) is 16.1. The molecule has 0 amide bonds. The number of aromatic nitrogens is 3. The Morgan fingerprint density at radius 1 is 1.30 bits per heavy atom. The highest BCUT2D eigenvalue weighted by Gasteiger charge is 2.24. The summed E-state index contributed by atoms with van der Waals surface area (Å²) in [7, 11) is -0.368. The van der Waals surface area contributed by atoms with Crippen molar-refractivity contribution in [1.29, 1.82) is 0 Å². The number of sulfonamides is 1. The van der Waals surface area contributed by atoms with Crippen LogP contribution in [0, 0.1) is 6.92 Å². The van der Waals surface area contributed by atoms with Gasteiger partial charge in [0.15, 0.2) is 5.82 Å². The minimum atomic E-state index is -3.41. The third-order valence-corrected chi connectivity index (χ3v) is 6.59. The van der Waals surface area contributed by atoms with Crippen LogP contribution in [-0.4, -0.2) is 73.1 Å². The number of nitrogens with zero attached hydrogens (tertiary/aromatic N) is 4. The second-order valence-electron chi connectivity index (χ2n) is 7.03. The monoisotopic (exact) mass is 393 g/mol. The minimum Gasteiger partial charge on any atom is -0.492 e. The second-order valence-corrected chi connectivity index (χ2v) is 9.18. The Labute approximate surface area is 160 Å². The predicted molar refractivity (Wildman–Crippen MR) is 102 cm³/mol. The second kappa shape index (κ2) is 8.37. The van der Waals surface area contributed by atoms with Crippen molar-refractivity contribution < 1.29 is 13.2 Å². The first-order chi connectivity index (χ1) is 12.9. The van der Waals surface area contributed by atoms with Crippen molar-refractivity contribution in [3.8, 4) is 5.75 Å². The number of ether oxygens (including phenoxy) is 1. The van der Waals surface area contributed by atoms with E-state index in [9.17, 15) is 8.42 Å². The summed E-state index contributed by atoms with van der Waals surface area (Å²) in [4.78, 5) is 7.09. The molecular weight excluding hydrogens is 366 g/mol. The van der Waals surface area contributed by atoms with Crippen LogP contribution in [0.5, 0.6) is 5.75 Å². The largest absolute Gasteiger partial charge is 0.492 e. The lowest BCUT2D eigenvalue weighted by molar-refractivity contribution is 0.168. The van der Waals surface area contributed by atoms with Crippen molar-refractivity contribution in [3.05, 3.63) is 35.9 Å². The normalized spacial score (nSPS) is 18.7. The van der Waals surface area contributed by atoms with Gasteiger partial charge >= 0.3 is 0 Å². The summed E-state index contributed by atoms with van der Waals surface area (Å²) < 4.78 is 31.2. The lowest BCUT2D eigenvalue weighted by Gasteiger charge is -2.31. The molecule has 0 saturated carbocycles. The fraction of sp³-hybridized carbons (Fsp3) is 0.556. The number of likely N-dealkylation sites (tertiary alicyclic amines) is 1. The highest BCUT2D eigenvalue weighted by atomic mass is 32.2. The molecule has 3 rings (SSSR count). The maximum absolute atomic E-state index is 12.1. The summed E-state index contributed by atoms with van der Waals surface area (Å²) in [5.41, 5.74) is 0. The lowest BCUT2D eigenvalue weighted by Crippen LogP contribution is -2.37. The molecule has 1 aliphatic rings. The SMILES string of the molecule is Cc1nc(C2CCCN(CCOc3ccc(S(=O)(=O)N(C)C)cc3)C2)n[nH]1. The van der Waals surface area contributed by atoms with Gasteiger partial charge in [-0.25, -0.2) is 17.7 Å². The number of nitrogens with one attached hydrogen (secondary N) is 1. The number of hydrogen-bond donors (Lipinski definition) is 1. The molecule has 1 saturated heterocycles.